The Bertz CT molecular complexity index is 881. The highest BCUT2D eigenvalue weighted by molar-refractivity contribution is 5.84. The summed E-state index contributed by atoms with van der Waals surface area (Å²) in [6, 6.07) is 11.6. The molecular weight excluding hydrogens is 358 g/mol. The maximum absolute atomic E-state index is 10.2. The van der Waals surface area contributed by atoms with Crippen LogP contribution < -0.4 is 19.5 Å². The predicted molar refractivity (Wildman–Crippen MR) is 108 cm³/mol. The summed E-state index contributed by atoms with van der Waals surface area (Å²) in [6.45, 7) is 3.96. The number of nitrogens with zero attached hydrogens (tertiary/aromatic N) is 1. The van der Waals surface area contributed by atoms with Crippen molar-refractivity contribution in [3.63, 3.8) is 0 Å². The van der Waals surface area contributed by atoms with E-state index in [1.807, 2.05) is 43.3 Å². The van der Waals surface area contributed by atoms with Crippen molar-refractivity contribution in [2.45, 2.75) is 19.4 Å². The second-order valence-corrected chi connectivity index (χ2v) is 6.42. The number of benzene rings is 2. The minimum Gasteiger partial charge on any atom is -0.493 e. The Balaban J connectivity index is 1.41. The normalized spacial score (nSPS) is 12.1. The molecule has 0 fully saturated rings. The topological polar surface area (TPSA) is 88.6 Å². The van der Waals surface area contributed by atoms with E-state index in [-0.39, 0.29) is 6.61 Å². The molecule has 0 saturated heterocycles. The highest BCUT2D eigenvalue weighted by Crippen LogP contribution is 2.28. The van der Waals surface area contributed by atoms with Crippen molar-refractivity contribution < 1.29 is 19.3 Å². The molecule has 0 radical (unpaired) electrons. The molecule has 1 aromatic heterocycles. The number of rotatable bonds is 11. The molecule has 0 saturated carbocycles. The van der Waals surface area contributed by atoms with Crippen LogP contribution >= 0.6 is 0 Å². The van der Waals surface area contributed by atoms with Crippen LogP contribution in [0.25, 0.3) is 10.9 Å². The van der Waals surface area contributed by atoms with Crippen LogP contribution in [0.5, 0.6) is 17.2 Å². The van der Waals surface area contributed by atoms with E-state index in [1.54, 1.807) is 13.3 Å². The quantitative estimate of drug-likeness (QED) is 0.440. The molecule has 0 bridgehead atoms. The summed E-state index contributed by atoms with van der Waals surface area (Å²) < 4.78 is 16.6. The van der Waals surface area contributed by atoms with Gasteiger partial charge in [0.2, 0.25) is 0 Å². The molecule has 0 amide bonds. The van der Waals surface area contributed by atoms with Crippen LogP contribution in [0.4, 0.5) is 0 Å². The first kappa shape index (κ1) is 20.0. The highest BCUT2D eigenvalue weighted by Gasteiger charge is 2.09. The molecule has 150 valence electrons. The van der Waals surface area contributed by atoms with Gasteiger partial charge < -0.3 is 24.6 Å². The van der Waals surface area contributed by atoms with Gasteiger partial charge in [-0.25, -0.2) is 0 Å². The molecule has 0 aliphatic carbocycles. The first-order valence-corrected chi connectivity index (χ1v) is 9.44. The zero-order chi connectivity index (χ0) is 19.8. The average molecular weight is 385 g/mol. The van der Waals surface area contributed by atoms with Crippen LogP contribution in [0.1, 0.15) is 12.5 Å². The number of hydrogen-bond donors (Lipinski definition) is 3. The maximum atomic E-state index is 10.2. The molecule has 3 aromatic rings. The number of aliphatic hydroxyl groups is 1. The summed E-state index contributed by atoms with van der Waals surface area (Å²) in [7, 11) is 1.63. The molecule has 0 spiro atoms. The van der Waals surface area contributed by atoms with Gasteiger partial charge in [0, 0.05) is 6.54 Å². The lowest BCUT2D eigenvalue weighted by Gasteiger charge is -2.14. The lowest BCUT2D eigenvalue weighted by molar-refractivity contribution is 0.107. The van der Waals surface area contributed by atoms with Crippen LogP contribution in [0.15, 0.2) is 42.6 Å². The molecular formula is C21H27N3O4. The van der Waals surface area contributed by atoms with Gasteiger partial charge in [0.25, 0.3) is 0 Å². The van der Waals surface area contributed by atoms with E-state index in [1.165, 1.54) is 0 Å². The molecule has 0 aliphatic heterocycles. The number of methoxy groups -OCH3 is 1. The van der Waals surface area contributed by atoms with Gasteiger partial charge in [-0.05, 0) is 49.7 Å². The van der Waals surface area contributed by atoms with Crippen LogP contribution in [-0.2, 0) is 6.42 Å². The molecule has 7 heteroatoms. The summed E-state index contributed by atoms with van der Waals surface area (Å²) in [6.07, 6.45) is 1.95. The Labute approximate surface area is 164 Å². The fourth-order valence-corrected chi connectivity index (χ4v) is 2.96. The number of aromatic nitrogens is 2. The smallest absolute Gasteiger partial charge is 0.161 e. The van der Waals surface area contributed by atoms with E-state index < -0.39 is 6.10 Å². The van der Waals surface area contributed by atoms with Gasteiger partial charge in [-0.2, -0.15) is 5.10 Å². The van der Waals surface area contributed by atoms with Crippen molar-refractivity contribution in [2.24, 2.45) is 0 Å². The van der Waals surface area contributed by atoms with E-state index >= 15 is 0 Å². The predicted octanol–water partition coefficient (Wildman–Crippen LogP) is 2.54. The number of aromatic amines is 1. The zero-order valence-corrected chi connectivity index (χ0v) is 16.3. The van der Waals surface area contributed by atoms with Gasteiger partial charge in [0.05, 0.1) is 30.8 Å². The minimum atomic E-state index is -0.600. The molecule has 3 rings (SSSR count). The van der Waals surface area contributed by atoms with Crippen LogP contribution in [0.2, 0.25) is 0 Å². The monoisotopic (exact) mass is 385 g/mol. The van der Waals surface area contributed by atoms with Crippen molar-refractivity contribution in [1.82, 2.24) is 15.5 Å². The molecule has 28 heavy (non-hydrogen) atoms. The zero-order valence-electron chi connectivity index (χ0n) is 16.3. The molecule has 7 nitrogen and oxygen atoms in total. The van der Waals surface area contributed by atoms with Crippen LogP contribution in [0, 0.1) is 0 Å². The molecule has 3 N–H and O–H groups in total. The Kier molecular flexibility index (Phi) is 7.11. The number of nitrogens with one attached hydrogen (secondary N) is 2. The Morgan fingerprint density at radius 3 is 2.86 bits per heavy atom. The number of aliphatic hydroxyl groups excluding tert-OH is 1. The standard InChI is InChI=1S/C21H27N3O4/c1-3-27-21-11-15(7-8-20(21)26-2)9-10-22-12-16(25)14-28-19-6-4-5-18-17(19)13-23-24-18/h4-8,11,13,16,22,25H,3,9-10,12,14H2,1-2H3,(H,23,24). The molecule has 1 unspecified atom stereocenters. The van der Waals surface area contributed by atoms with E-state index in [2.05, 4.69) is 15.5 Å². The van der Waals surface area contributed by atoms with Crippen molar-refractivity contribution in [3.05, 3.63) is 48.2 Å². The Hall–Kier alpha value is -2.77. The summed E-state index contributed by atoms with van der Waals surface area (Å²) in [5.41, 5.74) is 2.06. The van der Waals surface area contributed by atoms with E-state index in [9.17, 15) is 5.11 Å². The van der Waals surface area contributed by atoms with Gasteiger partial charge in [-0.15, -0.1) is 0 Å². The largest absolute Gasteiger partial charge is 0.493 e. The summed E-state index contributed by atoms with van der Waals surface area (Å²) >= 11 is 0. The van der Waals surface area contributed by atoms with Gasteiger partial charge in [-0.3, -0.25) is 5.10 Å². The molecule has 2 aromatic carbocycles. The minimum absolute atomic E-state index is 0.217. The first-order valence-electron chi connectivity index (χ1n) is 9.44. The van der Waals surface area contributed by atoms with Gasteiger partial charge in [0.1, 0.15) is 18.5 Å². The second-order valence-electron chi connectivity index (χ2n) is 6.42. The summed E-state index contributed by atoms with van der Waals surface area (Å²) in [5, 5.41) is 21.2. The maximum Gasteiger partial charge on any atom is 0.161 e. The van der Waals surface area contributed by atoms with Gasteiger partial charge >= 0.3 is 0 Å². The number of fused-ring (bicyclic) bond motifs is 1. The molecule has 1 heterocycles. The molecule has 1 atom stereocenters. The average Bonchev–Trinajstić information content (AvgIpc) is 3.19. The van der Waals surface area contributed by atoms with Crippen molar-refractivity contribution in [2.75, 3.05) is 33.4 Å². The van der Waals surface area contributed by atoms with Crippen molar-refractivity contribution in [3.8, 4) is 17.2 Å². The fourth-order valence-electron chi connectivity index (χ4n) is 2.96. The third-order valence-electron chi connectivity index (χ3n) is 4.37. The second kappa shape index (κ2) is 9.96. The van der Waals surface area contributed by atoms with Crippen molar-refractivity contribution in [1.29, 1.82) is 0 Å². The van der Waals surface area contributed by atoms with E-state index in [0.717, 1.165) is 40.9 Å². The first-order chi connectivity index (χ1) is 13.7. The lowest BCUT2D eigenvalue weighted by atomic mass is 10.1. The van der Waals surface area contributed by atoms with E-state index in [4.69, 9.17) is 14.2 Å². The van der Waals surface area contributed by atoms with Crippen LogP contribution in [0.3, 0.4) is 0 Å². The summed E-state index contributed by atoms with van der Waals surface area (Å²) in [4.78, 5) is 0. The third-order valence-corrected chi connectivity index (χ3v) is 4.37. The SMILES string of the molecule is CCOc1cc(CCNCC(O)COc2cccc3[nH]ncc23)ccc1OC. The third kappa shape index (κ3) is 5.15. The Morgan fingerprint density at radius 2 is 2.04 bits per heavy atom. The van der Waals surface area contributed by atoms with Crippen molar-refractivity contribution >= 4 is 10.9 Å². The fraction of sp³-hybridized carbons (Fsp3) is 0.381. The number of ether oxygens (including phenoxy) is 3. The van der Waals surface area contributed by atoms with Crippen LogP contribution in [-0.4, -0.2) is 54.8 Å². The van der Waals surface area contributed by atoms with Gasteiger partial charge in [-0.1, -0.05) is 12.1 Å². The number of hydrogen-bond acceptors (Lipinski definition) is 6. The Morgan fingerprint density at radius 1 is 1.14 bits per heavy atom. The number of H-pyrrole nitrogens is 1. The summed E-state index contributed by atoms with van der Waals surface area (Å²) in [5.74, 6) is 2.20. The highest BCUT2D eigenvalue weighted by atomic mass is 16.5. The molecule has 0 aliphatic rings. The lowest BCUT2D eigenvalue weighted by Crippen LogP contribution is -2.32. The van der Waals surface area contributed by atoms with E-state index in [0.29, 0.717) is 18.9 Å². The van der Waals surface area contributed by atoms with Gasteiger partial charge in [0.15, 0.2) is 11.5 Å².